The summed E-state index contributed by atoms with van der Waals surface area (Å²) in [5.74, 6) is -2.30. The van der Waals surface area contributed by atoms with Crippen LogP contribution in [-0.4, -0.2) is 31.0 Å². The second kappa shape index (κ2) is 11.4. The number of esters is 1. The number of hydrogen-bond donors (Lipinski definition) is 2. The van der Waals surface area contributed by atoms with E-state index in [1.807, 2.05) is 37.3 Å². The molecule has 0 saturated heterocycles. The van der Waals surface area contributed by atoms with Crippen molar-refractivity contribution >= 4 is 23.5 Å². The van der Waals surface area contributed by atoms with Crippen molar-refractivity contribution in [2.45, 2.75) is 13.0 Å². The highest BCUT2D eigenvalue weighted by Crippen LogP contribution is 2.19. The van der Waals surface area contributed by atoms with Gasteiger partial charge in [0.25, 0.3) is 11.8 Å². The molecule has 3 rings (SSSR count). The zero-order chi connectivity index (χ0) is 23.6. The molecule has 2 N–H and O–H groups in total. The van der Waals surface area contributed by atoms with Gasteiger partial charge in [-0.3, -0.25) is 9.59 Å². The Bertz CT molecular complexity index is 1120. The lowest BCUT2D eigenvalue weighted by Gasteiger charge is -2.15. The van der Waals surface area contributed by atoms with E-state index in [4.69, 9.17) is 9.47 Å². The molecule has 0 saturated carbocycles. The monoisotopic (exact) mass is 450 g/mol. The van der Waals surface area contributed by atoms with Crippen molar-refractivity contribution in [3.63, 3.8) is 0 Å². The van der Waals surface area contributed by atoms with Crippen molar-refractivity contribution in [1.29, 1.82) is 0 Å². The fraction of sp³-hybridized carbons (Fsp3) is 0.160. The minimum Gasteiger partial charge on any atom is -0.483 e. The van der Waals surface area contributed by atoms with E-state index in [9.17, 15) is 18.8 Å². The Morgan fingerprint density at radius 3 is 2.27 bits per heavy atom. The number of para-hydroxylation sites is 2. The lowest BCUT2D eigenvalue weighted by Crippen LogP contribution is -2.31. The number of carbonyl (C=O) groups excluding carboxylic acids is 3. The van der Waals surface area contributed by atoms with Crippen molar-refractivity contribution in [2.24, 2.45) is 0 Å². The normalized spacial score (nSPS) is 11.2. The van der Waals surface area contributed by atoms with Crippen LogP contribution in [0.4, 0.5) is 10.1 Å². The van der Waals surface area contributed by atoms with Crippen LogP contribution >= 0.6 is 0 Å². The molecule has 1 unspecified atom stereocenters. The maximum atomic E-state index is 13.7. The van der Waals surface area contributed by atoms with Crippen LogP contribution in [0.5, 0.6) is 5.75 Å². The summed E-state index contributed by atoms with van der Waals surface area (Å²) >= 11 is 0. The first-order valence-corrected chi connectivity index (χ1v) is 10.2. The van der Waals surface area contributed by atoms with Crippen molar-refractivity contribution in [3.8, 4) is 5.75 Å². The summed E-state index contributed by atoms with van der Waals surface area (Å²) in [4.78, 5) is 36.7. The summed E-state index contributed by atoms with van der Waals surface area (Å²) in [7, 11) is 0. The summed E-state index contributed by atoms with van der Waals surface area (Å²) in [6.45, 7) is 0.899. The third-order valence-corrected chi connectivity index (χ3v) is 4.63. The van der Waals surface area contributed by atoms with E-state index in [-0.39, 0.29) is 23.0 Å². The minimum absolute atomic E-state index is 0.0227. The van der Waals surface area contributed by atoms with Crippen LogP contribution in [-0.2, 0) is 14.3 Å². The molecule has 0 heterocycles. The maximum Gasteiger partial charge on any atom is 0.342 e. The van der Waals surface area contributed by atoms with Crippen molar-refractivity contribution in [1.82, 2.24) is 5.32 Å². The van der Waals surface area contributed by atoms with Crippen molar-refractivity contribution in [3.05, 3.63) is 95.8 Å². The molecule has 8 heteroatoms. The van der Waals surface area contributed by atoms with Gasteiger partial charge >= 0.3 is 5.97 Å². The fourth-order valence-electron chi connectivity index (χ4n) is 2.97. The lowest BCUT2D eigenvalue weighted by atomic mass is 10.1. The Hall–Kier alpha value is -4.20. The maximum absolute atomic E-state index is 13.7. The van der Waals surface area contributed by atoms with Gasteiger partial charge in [-0.05, 0) is 36.8 Å². The number of ether oxygens (including phenoxy) is 2. The Labute approximate surface area is 190 Å². The summed E-state index contributed by atoms with van der Waals surface area (Å²) in [6.07, 6.45) is 0. The number of anilines is 1. The van der Waals surface area contributed by atoms with E-state index < -0.39 is 36.8 Å². The van der Waals surface area contributed by atoms with Gasteiger partial charge in [0.15, 0.2) is 13.2 Å². The molecule has 0 aliphatic heterocycles. The number of rotatable bonds is 9. The third kappa shape index (κ3) is 6.90. The Morgan fingerprint density at radius 2 is 1.52 bits per heavy atom. The quantitative estimate of drug-likeness (QED) is 0.483. The predicted molar refractivity (Wildman–Crippen MR) is 120 cm³/mol. The third-order valence-electron chi connectivity index (χ3n) is 4.63. The standard InChI is InChI=1S/C25H23FN2O5/c1-17(18-9-3-2-4-10-18)27-23(29)16-33-25(31)19-11-5-8-14-22(19)32-15-24(30)28-21-13-7-6-12-20(21)26/h2-14,17H,15-16H2,1H3,(H,27,29)(H,28,30). The predicted octanol–water partition coefficient (Wildman–Crippen LogP) is 3.88. The van der Waals surface area contributed by atoms with Crippen LogP contribution in [0.2, 0.25) is 0 Å². The Balaban J connectivity index is 1.52. The molecule has 170 valence electrons. The number of carbonyl (C=O) groups is 3. The highest BCUT2D eigenvalue weighted by molar-refractivity contribution is 5.95. The van der Waals surface area contributed by atoms with Crippen molar-refractivity contribution < 1.29 is 28.2 Å². The molecule has 0 radical (unpaired) electrons. The van der Waals surface area contributed by atoms with Gasteiger partial charge < -0.3 is 20.1 Å². The Kier molecular flexibility index (Phi) is 8.13. The van der Waals surface area contributed by atoms with E-state index in [0.717, 1.165) is 5.56 Å². The molecule has 0 aliphatic carbocycles. The fourth-order valence-corrected chi connectivity index (χ4v) is 2.97. The van der Waals surface area contributed by atoms with Crippen LogP contribution in [0, 0.1) is 5.82 Å². The molecule has 33 heavy (non-hydrogen) atoms. The van der Waals surface area contributed by atoms with E-state index in [1.165, 1.54) is 30.3 Å². The number of amides is 2. The number of benzene rings is 3. The molecule has 7 nitrogen and oxygen atoms in total. The van der Waals surface area contributed by atoms with E-state index in [1.54, 1.807) is 18.2 Å². The molecule has 0 fully saturated rings. The molecule has 0 aromatic heterocycles. The second-order valence-corrected chi connectivity index (χ2v) is 7.09. The van der Waals surface area contributed by atoms with Gasteiger partial charge in [0.2, 0.25) is 0 Å². The van der Waals surface area contributed by atoms with E-state index >= 15 is 0 Å². The zero-order valence-electron chi connectivity index (χ0n) is 17.9. The summed E-state index contributed by atoms with van der Waals surface area (Å²) in [6, 6.07) is 21.0. The molecule has 0 spiro atoms. The van der Waals surface area contributed by atoms with Crippen LogP contribution < -0.4 is 15.4 Å². The molecule has 3 aromatic rings. The number of halogens is 1. The largest absolute Gasteiger partial charge is 0.483 e. The van der Waals surface area contributed by atoms with Gasteiger partial charge in [0.05, 0.1) is 11.7 Å². The van der Waals surface area contributed by atoms with E-state index in [0.29, 0.717) is 0 Å². The zero-order valence-corrected chi connectivity index (χ0v) is 17.9. The SMILES string of the molecule is CC(NC(=O)COC(=O)c1ccccc1OCC(=O)Nc1ccccc1F)c1ccccc1. The first-order valence-electron chi connectivity index (χ1n) is 10.2. The summed E-state index contributed by atoms with van der Waals surface area (Å²) in [5.41, 5.74) is 0.999. The van der Waals surface area contributed by atoms with E-state index in [2.05, 4.69) is 10.6 Å². The second-order valence-electron chi connectivity index (χ2n) is 7.09. The first kappa shape index (κ1) is 23.5. The smallest absolute Gasteiger partial charge is 0.342 e. The highest BCUT2D eigenvalue weighted by Gasteiger charge is 2.17. The van der Waals surface area contributed by atoms with Crippen LogP contribution in [0.3, 0.4) is 0 Å². The van der Waals surface area contributed by atoms with Gasteiger partial charge in [0.1, 0.15) is 17.1 Å². The van der Waals surface area contributed by atoms with Gasteiger partial charge in [-0.15, -0.1) is 0 Å². The van der Waals surface area contributed by atoms with Gasteiger partial charge in [-0.1, -0.05) is 54.6 Å². The topological polar surface area (TPSA) is 93.7 Å². The molecule has 0 bridgehead atoms. The van der Waals surface area contributed by atoms with Crippen LogP contribution in [0.25, 0.3) is 0 Å². The first-order chi connectivity index (χ1) is 15.9. The number of hydrogen-bond acceptors (Lipinski definition) is 5. The van der Waals surface area contributed by atoms with Crippen LogP contribution in [0.1, 0.15) is 28.9 Å². The van der Waals surface area contributed by atoms with Crippen LogP contribution in [0.15, 0.2) is 78.9 Å². The molecular formula is C25H23FN2O5. The van der Waals surface area contributed by atoms with Crippen molar-refractivity contribution in [2.75, 3.05) is 18.5 Å². The minimum atomic E-state index is -0.775. The molecule has 1 atom stereocenters. The number of nitrogens with one attached hydrogen (secondary N) is 2. The lowest BCUT2D eigenvalue weighted by molar-refractivity contribution is -0.124. The molecule has 3 aromatic carbocycles. The van der Waals surface area contributed by atoms with Gasteiger partial charge in [0, 0.05) is 0 Å². The molecule has 2 amide bonds. The van der Waals surface area contributed by atoms with Gasteiger partial charge in [-0.2, -0.15) is 0 Å². The van der Waals surface area contributed by atoms with Gasteiger partial charge in [-0.25, -0.2) is 9.18 Å². The highest BCUT2D eigenvalue weighted by atomic mass is 19.1. The summed E-state index contributed by atoms with van der Waals surface area (Å²) < 4.78 is 24.2. The molecular weight excluding hydrogens is 427 g/mol. The summed E-state index contributed by atoms with van der Waals surface area (Å²) in [5, 5.41) is 5.15. The average Bonchev–Trinajstić information content (AvgIpc) is 2.83. The average molecular weight is 450 g/mol. The molecule has 0 aliphatic rings. The Morgan fingerprint density at radius 1 is 0.848 bits per heavy atom.